The molecule has 2 rings (SSSR count). The molecule has 0 unspecified atom stereocenters. The first-order chi connectivity index (χ1) is 9.92. The second-order valence-corrected chi connectivity index (χ2v) is 5.16. The zero-order chi connectivity index (χ0) is 15.6. The van der Waals surface area contributed by atoms with Crippen LogP contribution in [0.2, 0.25) is 5.02 Å². The van der Waals surface area contributed by atoms with E-state index in [4.69, 9.17) is 16.3 Å². The average Bonchev–Trinajstić information content (AvgIpc) is 2.42. The summed E-state index contributed by atoms with van der Waals surface area (Å²) < 4.78 is 18.7. The van der Waals surface area contributed by atoms with Crippen molar-refractivity contribution in [2.45, 2.75) is 0 Å². The van der Waals surface area contributed by atoms with Crippen LogP contribution in [0.4, 0.5) is 10.1 Å². The monoisotopic (exact) mass is 373 g/mol. The Morgan fingerprint density at radius 3 is 2.62 bits per heavy atom. The Balaban J connectivity index is 2.43. The van der Waals surface area contributed by atoms with Crippen LogP contribution in [0.1, 0.15) is 10.4 Å². The second-order valence-electron chi connectivity index (χ2n) is 3.89. The van der Waals surface area contributed by atoms with Crippen LogP contribution in [0.15, 0.2) is 34.8 Å². The molecule has 5 nitrogen and oxygen atoms in total. The Bertz CT molecular complexity index is 738. The standard InChI is InChI=1S/C13H6BrClFNO4/c14-9-4-12(17(19)20)13(5-11(9)16)21-8-2-1-7(6-18)10(15)3-8/h1-6H. The predicted molar refractivity (Wildman–Crippen MR) is 77.7 cm³/mol. The number of rotatable bonds is 4. The van der Waals surface area contributed by atoms with Crippen molar-refractivity contribution in [3.8, 4) is 11.5 Å². The molecule has 0 radical (unpaired) electrons. The molecule has 0 amide bonds. The third kappa shape index (κ3) is 3.37. The van der Waals surface area contributed by atoms with E-state index in [9.17, 15) is 19.3 Å². The van der Waals surface area contributed by atoms with Gasteiger partial charge in [-0.25, -0.2) is 4.39 Å². The molecular formula is C13H6BrClFNO4. The van der Waals surface area contributed by atoms with E-state index in [-0.39, 0.29) is 26.6 Å². The molecule has 8 heteroatoms. The van der Waals surface area contributed by atoms with Crippen LogP contribution in [-0.4, -0.2) is 11.2 Å². The van der Waals surface area contributed by atoms with Gasteiger partial charge in [0, 0.05) is 23.8 Å². The summed E-state index contributed by atoms with van der Waals surface area (Å²) in [7, 11) is 0. The molecule has 0 bridgehead atoms. The minimum absolute atomic E-state index is 0.0455. The fourth-order valence-electron chi connectivity index (χ4n) is 1.54. The zero-order valence-corrected chi connectivity index (χ0v) is 12.5. The minimum Gasteiger partial charge on any atom is -0.450 e. The summed E-state index contributed by atoms with van der Waals surface area (Å²) in [6, 6.07) is 6.01. The number of carbonyl (C=O) groups excluding carboxylic acids is 1. The first kappa shape index (κ1) is 15.4. The molecule has 0 fully saturated rings. The maximum absolute atomic E-state index is 13.5. The third-order valence-corrected chi connectivity index (χ3v) is 3.46. The van der Waals surface area contributed by atoms with E-state index in [0.29, 0.717) is 6.29 Å². The summed E-state index contributed by atoms with van der Waals surface area (Å²) in [6.45, 7) is 0. The number of hydrogen-bond donors (Lipinski definition) is 0. The van der Waals surface area contributed by atoms with Crippen LogP contribution in [0.5, 0.6) is 11.5 Å². The van der Waals surface area contributed by atoms with Crippen molar-refractivity contribution in [1.29, 1.82) is 0 Å². The van der Waals surface area contributed by atoms with Gasteiger partial charge in [0.1, 0.15) is 11.6 Å². The van der Waals surface area contributed by atoms with E-state index in [0.717, 1.165) is 12.1 Å². The Hall–Kier alpha value is -1.99. The highest BCUT2D eigenvalue weighted by Gasteiger charge is 2.20. The fraction of sp³-hybridized carbons (Fsp3) is 0. The largest absolute Gasteiger partial charge is 0.450 e. The molecular weight excluding hydrogens is 369 g/mol. The summed E-state index contributed by atoms with van der Waals surface area (Å²) >= 11 is 8.70. The molecule has 0 saturated heterocycles. The van der Waals surface area contributed by atoms with Crippen LogP contribution in [0.3, 0.4) is 0 Å². The quantitative estimate of drug-likeness (QED) is 0.440. The maximum Gasteiger partial charge on any atom is 0.312 e. The number of carbonyl (C=O) groups is 1. The highest BCUT2D eigenvalue weighted by atomic mass is 79.9. The first-order valence-electron chi connectivity index (χ1n) is 5.48. The Kier molecular flexibility index (Phi) is 4.54. The van der Waals surface area contributed by atoms with Crippen molar-refractivity contribution in [1.82, 2.24) is 0 Å². The van der Waals surface area contributed by atoms with Crippen molar-refractivity contribution in [2.75, 3.05) is 0 Å². The van der Waals surface area contributed by atoms with Crippen molar-refractivity contribution < 1.29 is 18.8 Å². The molecule has 108 valence electrons. The number of halogens is 3. The zero-order valence-electron chi connectivity index (χ0n) is 10.2. The lowest BCUT2D eigenvalue weighted by Gasteiger charge is -2.08. The normalized spacial score (nSPS) is 10.2. The number of nitro benzene ring substituents is 1. The van der Waals surface area contributed by atoms with Gasteiger partial charge in [0.05, 0.1) is 14.4 Å². The van der Waals surface area contributed by atoms with E-state index < -0.39 is 16.4 Å². The summed E-state index contributed by atoms with van der Waals surface area (Å²) in [4.78, 5) is 20.9. The highest BCUT2D eigenvalue weighted by molar-refractivity contribution is 9.10. The van der Waals surface area contributed by atoms with Crippen molar-refractivity contribution in [3.05, 3.63) is 61.3 Å². The van der Waals surface area contributed by atoms with Gasteiger partial charge in [-0.3, -0.25) is 14.9 Å². The lowest BCUT2D eigenvalue weighted by atomic mass is 10.2. The number of nitro groups is 1. The number of benzene rings is 2. The molecule has 2 aromatic carbocycles. The van der Waals surface area contributed by atoms with Gasteiger partial charge in [-0.15, -0.1) is 0 Å². The first-order valence-corrected chi connectivity index (χ1v) is 6.65. The van der Waals surface area contributed by atoms with Crippen molar-refractivity contribution in [2.24, 2.45) is 0 Å². The predicted octanol–water partition coefficient (Wildman–Crippen LogP) is 4.75. The van der Waals surface area contributed by atoms with Gasteiger partial charge in [0.2, 0.25) is 5.75 Å². The molecule has 0 saturated carbocycles. The molecule has 0 aliphatic heterocycles. The topological polar surface area (TPSA) is 69.4 Å². The molecule has 0 N–H and O–H groups in total. The van der Waals surface area contributed by atoms with Gasteiger partial charge in [0.15, 0.2) is 6.29 Å². The van der Waals surface area contributed by atoms with Gasteiger partial charge < -0.3 is 4.74 Å². The van der Waals surface area contributed by atoms with Gasteiger partial charge >= 0.3 is 5.69 Å². The number of hydrogen-bond acceptors (Lipinski definition) is 4. The Labute approximate surface area is 131 Å². The van der Waals surface area contributed by atoms with Crippen molar-refractivity contribution >= 4 is 39.5 Å². The summed E-state index contributed by atoms with van der Waals surface area (Å²) in [5.74, 6) is -0.822. The van der Waals surface area contributed by atoms with E-state index in [1.807, 2.05) is 0 Å². The van der Waals surface area contributed by atoms with Crippen LogP contribution < -0.4 is 4.74 Å². The molecule has 0 aliphatic carbocycles. The lowest BCUT2D eigenvalue weighted by Crippen LogP contribution is -1.95. The van der Waals surface area contributed by atoms with Crippen LogP contribution in [0.25, 0.3) is 0 Å². The van der Waals surface area contributed by atoms with E-state index in [1.54, 1.807) is 0 Å². The Morgan fingerprint density at radius 2 is 2.05 bits per heavy atom. The third-order valence-electron chi connectivity index (χ3n) is 2.53. The van der Waals surface area contributed by atoms with Crippen molar-refractivity contribution in [3.63, 3.8) is 0 Å². The van der Waals surface area contributed by atoms with E-state index in [1.165, 1.54) is 18.2 Å². The minimum atomic E-state index is -0.703. The van der Waals surface area contributed by atoms with Gasteiger partial charge in [-0.05, 0) is 28.1 Å². The molecule has 0 aliphatic rings. The van der Waals surface area contributed by atoms with Crippen LogP contribution >= 0.6 is 27.5 Å². The van der Waals surface area contributed by atoms with Gasteiger partial charge in [0.25, 0.3) is 0 Å². The van der Waals surface area contributed by atoms with Gasteiger partial charge in [-0.2, -0.15) is 0 Å². The fourth-order valence-corrected chi connectivity index (χ4v) is 2.08. The van der Waals surface area contributed by atoms with Crippen LogP contribution in [0, 0.1) is 15.9 Å². The highest BCUT2D eigenvalue weighted by Crippen LogP contribution is 2.36. The average molecular weight is 375 g/mol. The smallest absolute Gasteiger partial charge is 0.312 e. The SMILES string of the molecule is O=Cc1ccc(Oc2cc(F)c(Br)cc2[N+](=O)[O-])cc1Cl. The number of ether oxygens (including phenoxy) is 1. The Morgan fingerprint density at radius 1 is 1.33 bits per heavy atom. The summed E-state index contributed by atoms with van der Waals surface area (Å²) in [6.07, 6.45) is 0.563. The van der Waals surface area contributed by atoms with E-state index in [2.05, 4.69) is 15.9 Å². The summed E-state index contributed by atoms with van der Waals surface area (Å²) in [5.41, 5.74) is -0.153. The maximum atomic E-state index is 13.5. The summed E-state index contributed by atoms with van der Waals surface area (Å²) in [5, 5.41) is 11.1. The van der Waals surface area contributed by atoms with Crippen LogP contribution in [-0.2, 0) is 0 Å². The van der Waals surface area contributed by atoms with E-state index >= 15 is 0 Å². The molecule has 0 heterocycles. The molecule has 0 aromatic heterocycles. The molecule has 0 atom stereocenters. The number of aldehydes is 1. The molecule has 0 spiro atoms. The lowest BCUT2D eigenvalue weighted by molar-refractivity contribution is -0.385. The number of nitrogens with zero attached hydrogens (tertiary/aromatic N) is 1. The second kappa shape index (κ2) is 6.19. The van der Waals surface area contributed by atoms with Gasteiger partial charge in [-0.1, -0.05) is 11.6 Å². The molecule has 2 aromatic rings. The molecule has 21 heavy (non-hydrogen) atoms.